The summed E-state index contributed by atoms with van der Waals surface area (Å²) in [4.78, 5) is 26.8. The molecule has 0 aliphatic carbocycles. The second-order valence-corrected chi connectivity index (χ2v) is 7.47. The maximum Gasteiger partial charge on any atom is 0.339 e. The lowest BCUT2D eigenvalue weighted by molar-refractivity contribution is -0.134. The molecule has 1 amide bonds. The maximum absolute atomic E-state index is 12.5. The highest BCUT2D eigenvalue weighted by Gasteiger charge is 2.20. The number of hydrogen-bond acceptors (Lipinski definition) is 6. The standard InChI is InChI=1S/C20H21NO6S/c1-3-21(11-14-8-9-16-17(10-14)27-13-26-16)19(22)12-25-20(23)15-6-4-5-7-18(15)28(2)24/h4-10H,3,11-13H2,1-2H3/t28-/m0/s1. The molecule has 148 valence electrons. The van der Waals surface area contributed by atoms with Crippen LogP contribution in [0.4, 0.5) is 0 Å². The molecule has 0 aromatic heterocycles. The van der Waals surface area contributed by atoms with Crippen LogP contribution in [-0.4, -0.2) is 47.2 Å². The molecule has 0 fully saturated rings. The fourth-order valence-corrected chi connectivity index (χ4v) is 3.55. The minimum absolute atomic E-state index is 0.190. The van der Waals surface area contributed by atoms with Crippen LogP contribution in [0, 0.1) is 0 Å². The van der Waals surface area contributed by atoms with E-state index in [0.717, 1.165) is 5.56 Å². The monoisotopic (exact) mass is 403 g/mol. The summed E-state index contributed by atoms with van der Waals surface area (Å²) in [6.45, 7) is 2.47. The molecular formula is C20H21NO6S. The summed E-state index contributed by atoms with van der Waals surface area (Å²) in [7, 11) is -1.33. The van der Waals surface area contributed by atoms with Crippen molar-refractivity contribution < 1.29 is 28.0 Å². The van der Waals surface area contributed by atoms with Crippen molar-refractivity contribution in [1.29, 1.82) is 0 Å². The molecule has 3 rings (SSSR count). The summed E-state index contributed by atoms with van der Waals surface area (Å²) in [6, 6.07) is 12.0. The zero-order valence-corrected chi connectivity index (χ0v) is 16.5. The van der Waals surface area contributed by atoms with Gasteiger partial charge in [0, 0.05) is 19.3 Å². The molecule has 2 aromatic rings. The van der Waals surface area contributed by atoms with Crippen LogP contribution >= 0.6 is 0 Å². The molecule has 1 aliphatic heterocycles. The van der Waals surface area contributed by atoms with E-state index in [9.17, 15) is 13.8 Å². The second kappa shape index (κ2) is 8.88. The van der Waals surface area contributed by atoms with Gasteiger partial charge in [-0.1, -0.05) is 18.2 Å². The number of fused-ring (bicyclic) bond motifs is 1. The minimum atomic E-state index is -1.33. The summed E-state index contributed by atoms with van der Waals surface area (Å²) in [5.74, 6) is 0.345. The van der Waals surface area contributed by atoms with Gasteiger partial charge < -0.3 is 19.1 Å². The fourth-order valence-electron chi connectivity index (χ4n) is 2.82. The van der Waals surface area contributed by atoms with Crippen LogP contribution < -0.4 is 9.47 Å². The zero-order chi connectivity index (χ0) is 20.1. The van der Waals surface area contributed by atoms with E-state index in [2.05, 4.69) is 0 Å². The third-order valence-electron chi connectivity index (χ3n) is 4.29. The predicted octanol–water partition coefficient (Wildman–Crippen LogP) is 2.36. The molecule has 0 N–H and O–H groups in total. The largest absolute Gasteiger partial charge is 0.454 e. The molecule has 2 aromatic carbocycles. The van der Waals surface area contributed by atoms with E-state index in [4.69, 9.17) is 14.2 Å². The van der Waals surface area contributed by atoms with Gasteiger partial charge in [0.2, 0.25) is 6.79 Å². The van der Waals surface area contributed by atoms with E-state index in [1.54, 1.807) is 29.2 Å². The first-order valence-corrected chi connectivity index (χ1v) is 10.3. The molecule has 0 saturated heterocycles. The Morgan fingerprint density at radius 2 is 1.89 bits per heavy atom. The van der Waals surface area contributed by atoms with Gasteiger partial charge in [-0.2, -0.15) is 0 Å². The van der Waals surface area contributed by atoms with Crippen LogP contribution in [0.2, 0.25) is 0 Å². The van der Waals surface area contributed by atoms with Crippen molar-refractivity contribution in [3.63, 3.8) is 0 Å². The SMILES string of the molecule is CCN(Cc1ccc2c(c1)OCO2)C(=O)COC(=O)c1ccccc1[S@](C)=O. The van der Waals surface area contributed by atoms with Gasteiger partial charge in [-0.15, -0.1) is 0 Å². The number of esters is 1. The third-order valence-corrected chi connectivity index (χ3v) is 5.26. The Balaban J connectivity index is 1.61. The van der Waals surface area contributed by atoms with E-state index < -0.39 is 16.8 Å². The number of carbonyl (C=O) groups excluding carboxylic acids is 2. The smallest absolute Gasteiger partial charge is 0.339 e. The van der Waals surface area contributed by atoms with Crippen molar-refractivity contribution >= 4 is 22.7 Å². The van der Waals surface area contributed by atoms with E-state index in [1.807, 2.05) is 19.1 Å². The van der Waals surface area contributed by atoms with Crippen molar-refractivity contribution in [2.75, 3.05) is 26.2 Å². The Morgan fingerprint density at radius 1 is 1.14 bits per heavy atom. The van der Waals surface area contributed by atoms with Gasteiger partial charge in [-0.25, -0.2) is 4.79 Å². The molecule has 1 aliphatic rings. The van der Waals surface area contributed by atoms with Gasteiger partial charge in [0.1, 0.15) is 0 Å². The van der Waals surface area contributed by atoms with Crippen molar-refractivity contribution in [3.05, 3.63) is 53.6 Å². The molecule has 0 saturated carbocycles. The van der Waals surface area contributed by atoms with Crippen molar-refractivity contribution in [2.24, 2.45) is 0 Å². The summed E-state index contributed by atoms with van der Waals surface area (Å²) >= 11 is 0. The van der Waals surface area contributed by atoms with Crippen LogP contribution in [0.1, 0.15) is 22.8 Å². The number of ether oxygens (including phenoxy) is 3. The normalized spacial score (nSPS) is 13.1. The second-order valence-electron chi connectivity index (χ2n) is 6.12. The fraction of sp³-hybridized carbons (Fsp3) is 0.300. The third kappa shape index (κ3) is 4.51. The first kappa shape index (κ1) is 19.9. The van der Waals surface area contributed by atoms with Gasteiger partial charge >= 0.3 is 5.97 Å². The van der Waals surface area contributed by atoms with Crippen LogP contribution in [-0.2, 0) is 26.9 Å². The van der Waals surface area contributed by atoms with Gasteiger partial charge in [-0.05, 0) is 36.8 Å². The summed E-state index contributed by atoms with van der Waals surface area (Å²) in [6.07, 6.45) is 1.49. The molecule has 28 heavy (non-hydrogen) atoms. The quantitative estimate of drug-likeness (QED) is 0.660. The first-order valence-electron chi connectivity index (χ1n) is 8.75. The molecule has 0 bridgehead atoms. The lowest BCUT2D eigenvalue weighted by Gasteiger charge is -2.21. The minimum Gasteiger partial charge on any atom is -0.454 e. The molecule has 0 spiro atoms. The van der Waals surface area contributed by atoms with Gasteiger partial charge in [0.05, 0.1) is 21.3 Å². The van der Waals surface area contributed by atoms with E-state index in [1.165, 1.54) is 12.3 Å². The summed E-state index contributed by atoms with van der Waals surface area (Å²) < 4.78 is 27.6. The molecular weight excluding hydrogens is 382 g/mol. The van der Waals surface area contributed by atoms with Crippen molar-refractivity contribution in [3.8, 4) is 11.5 Å². The van der Waals surface area contributed by atoms with Crippen molar-refractivity contribution in [1.82, 2.24) is 4.90 Å². The number of benzene rings is 2. The van der Waals surface area contributed by atoms with E-state index in [-0.39, 0.29) is 24.9 Å². The summed E-state index contributed by atoms with van der Waals surface area (Å²) in [5.41, 5.74) is 1.09. The zero-order valence-electron chi connectivity index (χ0n) is 15.7. The molecule has 0 unspecified atom stereocenters. The highest BCUT2D eigenvalue weighted by atomic mass is 32.2. The Bertz CT molecular complexity index is 913. The lowest BCUT2D eigenvalue weighted by atomic mass is 10.2. The number of nitrogens with zero attached hydrogens (tertiary/aromatic N) is 1. The van der Waals surface area contributed by atoms with Crippen LogP contribution in [0.15, 0.2) is 47.4 Å². The molecule has 7 nitrogen and oxygen atoms in total. The van der Waals surface area contributed by atoms with Crippen molar-refractivity contribution in [2.45, 2.75) is 18.4 Å². The maximum atomic E-state index is 12.5. The van der Waals surface area contributed by atoms with Gasteiger partial charge in [0.15, 0.2) is 18.1 Å². The number of hydrogen-bond donors (Lipinski definition) is 0. The van der Waals surface area contributed by atoms with Gasteiger partial charge in [-0.3, -0.25) is 9.00 Å². The first-order chi connectivity index (χ1) is 13.5. The Hall–Kier alpha value is -2.87. The Morgan fingerprint density at radius 3 is 2.64 bits per heavy atom. The molecule has 0 radical (unpaired) electrons. The average Bonchev–Trinajstić information content (AvgIpc) is 3.17. The highest BCUT2D eigenvalue weighted by Crippen LogP contribution is 2.32. The Kier molecular flexibility index (Phi) is 6.30. The topological polar surface area (TPSA) is 82.1 Å². The molecule has 1 atom stereocenters. The Labute approximate surface area is 165 Å². The van der Waals surface area contributed by atoms with Crippen LogP contribution in [0.25, 0.3) is 0 Å². The van der Waals surface area contributed by atoms with Gasteiger partial charge in [0.25, 0.3) is 5.91 Å². The summed E-state index contributed by atoms with van der Waals surface area (Å²) in [5, 5.41) is 0. The van der Waals surface area contributed by atoms with Crippen LogP contribution in [0.3, 0.4) is 0 Å². The predicted molar refractivity (Wildman–Crippen MR) is 103 cm³/mol. The number of rotatable bonds is 7. The van der Waals surface area contributed by atoms with Crippen LogP contribution in [0.5, 0.6) is 11.5 Å². The molecule has 8 heteroatoms. The van der Waals surface area contributed by atoms with E-state index in [0.29, 0.717) is 29.5 Å². The highest BCUT2D eigenvalue weighted by molar-refractivity contribution is 7.84. The number of amides is 1. The average molecular weight is 403 g/mol. The molecule has 1 heterocycles. The number of carbonyl (C=O) groups is 2. The lowest BCUT2D eigenvalue weighted by Crippen LogP contribution is -2.34. The number of likely N-dealkylation sites (N-methyl/N-ethyl adjacent to an activating group) is 1. The van der Waals surface area contributed by atoms with E-state index >= 15 is 0 Å².